The van der Waals surface area contributed by atoms with Crippen molar-refractivity contribution in [2.24, 2.45) is 5.41 Å². The van der Waals surface area contributed by atoms with Gasteiger partial charge in [-0.25, -0.2) is 0 Å². The quantitative estimate of drug-likeness (QED) is 0.791. The smallest absolute Gasteiger partial charge is 0.319 e. The van der Waals surface area contributed by atoms with E-state index >= 15 is 0 Å². The van der Waals surface area contributed by atoms with Gasteiger partial charge < -0.3 is 10.4 Å². The second-order valence-electron chi connectivity index (χ2n) is 6.50. The average Bonchev–Trinajstić information content (AvgIpc) is 3.27. The van der Waals surface area contributed by atoms with Gasteiger partial charge in [0.2, 0.25) is 5.91 Å². The third-order valence-electron chi connectivity index (χ3n) is 4.67. The molecule has 0 atom stereocenters. The number of aliphatic carboxylic acids is 1. The number of amides is 1. The first-order valence-electron chi connectivity index (χ1n) is 7.43. The Balaban J connectivity index is 1.96. The molecule has 0 spiro atoms. The van der Waals surface area contributed by atoms with Crippen LogP contribution in [0.1, 0.15) is 51.2 Å². The van der Waals surface area contributed by atoms with Crippen molar-refractivity contribution in [3.8, 4) is 0 Å². The highest BCUT2D eigenvalue weighted by Gasteiger charge is 2.56. The van der Waals surface area contributed by atoms with Crippen molar-refractivity contribution in [3.05, 3.63) is 35.4 Å². The summed E-state index contributed by atoms with van der Waals surface area (Å²) in [6, 6.07) is 8.14. The summed E-state index contributed by atoms with van der Waals surface area (Å²) < 4.78 is 0. The van der Waals surface area contributed by atoms with E-state index in [0.29, 0.717) is 19.4 Å². The summed E-state index contributed by atoms with van der Waals surface area (Å²) >= 11 is 0. The molecule has 2 N–H and O–H groups in total. The van der Waals surface area contributed by atoms with Crippen LogP contribution >= 0.6 is 0 Å². The Morgan fingerprint density at radius 1 is 1.24 bits per heavy atom. The lowest BCUT2D eigenvalue weighted by atomic mass is 9.82. The summed E-state index contributed by atoms with van der Waals surface area (Å²) in [5.41, 5.74) is 1.23. The lowest BCUT2D eigenvalue weighted by Crippen LogP contribution is -2.36. The lowest BCUT2D eigenvalue weighted by Gasteiger charge is -2.23. The van der Waals surface area contributed by atoms with Crippen molar-refractivity contribution in [1.29, 1.82) is 0 Å². The van der Waals surface area contributed by atoms with Crippen LogP contribution in [0, 0.1) is 5.41 Å². The molecule has 0 aromatic heterocycles. The van der Waals surface area contributed by atoms with E-state index in [1.807, 2.05) is 12.1 Å². The molecule has 4 heteroatoms. The first-order chi connectivity index (χ1) is 9.82. The van der Waals surface area contributed by atoms with Crippen LogP contribution in [-0.4, -0.2) is 17.0 Å². The molecule has 114 valence electrons. The summed E-state index contributed by atoms with van der Waals surface area (Å²) in [4.78, 5) is 23.0. The monoisotopic (exact) mass is 289 g/mol. The highest BCUT2D eigenvalue weighted by atomic mass is 16.4. The van der Waals surface area contributed by atoms with Gasteiger partial charge in [-0.15, -0.1) is 0 Å². The van der Waals surface area contributed by atoms with E-state index in [0.717, 1.165) is 12.0 Å². The van der Waals surface area contributed by atoms with Crippen LogP contribution in [-0.2, 0) is 21.5 Å². The number of nitrogens with one attached hydrogen (secondary N) is 1. The van der Waals surface area contributed by atoms with Gasteiger partial charge >= 0.3 is 5.97 Å². The van der Waals surface area contributed by atoms with Gasteiger partial charge in [0.25, 0.3) is 0 Å². The first kappa shape index (κ1) is 15.5. The normalized spacial score (nSPS) is 16.3. The molecule has 0 aliphatic heterocycles. The Morgan fingerprint density at radius 2 is 1.81 bits per heavy atom. The molecule has 1 aliphatic carbocycles. The van der Waals surface area contributed by atoms with Gasteiger partial charge in [0, 0.05) is 6.54 Å². The molecule has 0 heterocycles. The molecule has 1 fully saturated rings. The average molecular weight is 289 g/mol. The zero-order valence-electron chi connectivity index (χ0n) is 12.9. The zero-order valence-corrected chi connectivity index (χ0v) is 12.9. The number of rotatable bonds is 6. The number of carboxylic acid groups (broad SMARTS) is 1. The van der Waals surface area contributed by atoms with Crippen LogP contribution in [0.5, 0.6) is 0 Å². The first-order valence-corrected chi connectivity index (χ1v) is 7.43. The fraction of sp³-hybridized carbons (Fsp3) is 0.529. The summed E-state index contributed by atoms with van der Waals surface area (Å²) in [5, 5.41) is 11.8. The molecule has 1 aromatic rings. The Hall–Kier alpha value is -1.84. The molecule has 2 rings (SSSR count). The van der Waals surface area contributed by atoms with E-state index in [4.69, 9.17) is 5.11 Å². The maximum absolute atomic E-state index is 11.9. The molecular formula is C17H23NO3. The molecule has 1 aliphatic rings. The molecule has 4 nitrogen and oxygen atoms in total. The fourth-order valence-electron chi connectivity index (χ4n) is 2.29. The minimum absolute atomic E-state index is 0.142. The number of hydrogen-bond acceptors (Lipinski definition) is 2. The number of carbonyl (C=O) groups is 2. The van der Waals surface area contributed by atoms with Crippen LogP contribution in [0.25, 0.3) is 0 Å². The highest BCUT2D eigenvalue weighted by Crippen LogP contribution is 2.46. The summed E-state index contributed by atoms with van der Waals surface area (Å²) in [6.07, 6.45) is 1.94. The van der Waals surface area contributed by atoms with E-state index in [2.05, 4.69) is 38.2 Å². The van der Waals surface area contributed by atoms with Crippen LogP contribution in [0.3, 0.4) is 0 Å². The van der Waals surface area contributed by atoms with Crippen molar-refractivity contribution in [2.75, 3.05) is 0 Å². The van der Waals surface area contributed by atoms with E-state index in [9.17, 15) is 9.59 Å². The van der Waals surface area contributed by atoms with Crippen molar-refractivity contribution in [1.82, 2.24) is 5.32 Å². The van der Waals surface area contributed by atoms with Gasteiger partial charge in [-0.05, 0) is 35.8 Å². The molecule has 0 radical (unpaired) electrons. The fourth-order valence-corrected chi connectivity index (χ4v) is 2.29. The zero-order chi connectivity index (χ0) is 15.7. The number of carbonyl (C=O) groups excluding carboxylic acids is 1. The summed E-state index contributed by atoms with van der Waals surface area (Å²) in [5.74, 6) is -1.38. The molecule has 1 saturated carbocycles. The molecular weight excluding hydrogens is 266 g/mol. The third-order valence-corrected chi connectivity index (χ3v) is 4.67. The van der Waals surface area contributed by atoms with Crippen molar-refractivity contribution in [3.63, 3.8) is 0 Å². The number of benzene rings is 1. The summed E-state index contributed by atoms with van der Waals surface area (Å²) in [7, 11) is 0. The van der Waals surface area contributed by atoms with Gasteiger partial charge in [-0.3, -0.25) is 9.59 Å². The van der Waals surface area contributed by atoms with E-state index in [-0.39, 0.29) is 11.3 Å². The Kier molecular flexibility index (Phi) is 4.08. The number of carboxylic acids is 1. The van der Waals surface area contributed by atoms with Gasteiger partial charge in [-0.1, -0.05) is 45.0 Å². The molecule has 0 bridgehead atoms. The highest BCUT2D eigenvalue weighted by molar-refractivity contribution is 6.04. The largest absolute Gasteiger partial charge is 0.480 e. The predicted molar refractivity (Wildman–Crippen MR) is 80.9 cm³/mol. The molecule has 0 unspecified atom stereocenters. The van der Waals surface area contributed by atoms with Crippen molar-refractivity contribution in [2.45, 2.75) is 52.0 Å². The Bertz CT molecular complexity index is 542. The van der Waals surface area contributed by atoms with Gasteiger partial charge in [0.15, 0.2) is 0 Å². The standard InChI is InChI=1S/C17H23NO3/c1-4-16(2,3)13-7-5-12(6-8-13)11-18-14(19)17(9-10-17)15(20)21/h5-8H,4,9-11H2,1-3H3,(H,18,19)(H,20,21). The van der Waals surface area contributed by atoms with E-state index in [1.54, 1.807) is 0 Å². The van der Waals surface area contributed by atoms with Crippen molar-refractivity contribution >= 4 is 11.9 Å². The second kappa shape index (κ2) is 5.51. The topological polar surface area (TPSA) is 66.4 Å². The second-order valence-corrected chi connectivity index (χ2v) is 6.50. The number of hydrogen-bond donors (Lipinski definition) is 2. The minimum Gasteiger partial charge on any atom is -0.480 e. The van der Waals surface area contributed by atoms with Gasteiger partial charge in [0.05, 0.1) is 0 Å². The SMILES string of the molecule is CCC(C)(C)c1ccc(CNC(=O)C2(C(=O)O)CC2)cc1. The van der Waals surface area contributed by atoms with E-state index < -0.39 is 11.4 Å². The maximum Gasteiger partial charge on any atom is 0.319 e. The van der Waals surface area contributed by atoms with Gasteiger partial charge in [-0.2, -0.15) is 0 Å². The molecule has 1 aromatic carbocycles. The minimum atomic E-state index is -1.16. The Morgan fingerprint density at radius 3 is 2.24 bits per heavy atom. The predicted octanol–water partition coefficient (Wildman–Crippen LogP) is 2.86. The summed E-state index contributed by atoms with van der Waals surface area (Å²) in [6.45, 7) is 6.94. The van der Waals surface area contributed by atoms with Crippen LogP contribution < -0.4 is 5.32 Å². The van der Waals surface area contributed by atoms with Crippen molar-refractivity contribution < 1.29 is 14.7 Å². The molecule has 0 saturated heterocycles. The van der Waals surface area contributed by atoms with Crippen LogP contribution in [0.4, 0.5) is 0 Å². The Labute approximate surface area is 125 Å². The molecule has 21 heavy (non-hydrogen) atoms. The van der Waals surface area contributed by atoms with Crippen LogP contribution in [0.2, 0.25) is 0 Å². The lowest BCUT2D eigenvalue weighted by molar-refractivity contribution is -0.149. The molecule has 1 amide bonds. The maximum atomic E-state index is 11.9. The van der Waals surface area contributed by atoms with Crippen LogP contribution in [0.15, 0.2) is 24.3 Å². The third kappa shape index (κ3) is 3.09. The van der Waals surface area contributed by atoms with E-state index in [1.165, 1.54) is 5.56 Å². The van der Waals surface area contributed by atoms with Gasteiger partial charge in [0.1, 0.15) is 5.41 Å².